The van der Waals surface area contributed by atoms with Gasteiger partial charge in [-0.3, -0.25) is 0 Å². The summed E-state index contributed by atoms with van der Waals surface area (Å²) >= 11 is 3.26. The van der Waals surface area contributed by atoms with Crippen LogP contribution in [-0.2, 0) is 12.6 Å². The van der Waals surface area contributed by atoms with Crippen LogP contribution in [0, 0.1) is 5.82 Å². The Bertz CT molecular complexity index is 360. The molecule has 0 spiro atoms. The molecule has 0 fully saturated rings. The Hall–Kier alpha value is -0.580. The second-order valence-electron chi connectivity index (χ2n) is 3.80. The van der Waals surface area contributed by atoms with Crippen molar-refractivity contribution >= 4 is 15.9 Å². The lowest BCUT2D eigenvalue weighted by atomic mass is 10.0. The number of benzene rings is 1. The summed E-state index contributed by atoms with van der Waals surface area (Å²) in [6, 6.07) is 2.88. The number of alkyl halides is 4. The van der Waals surface area contributed by atoms with Crippen molar-refractivity contribution in [3.63, 3.8) is 0 Å². The molecule has 0 aliphatic heterocycles. The quantitative estimate of drug-likeness (QED) is 0.410. The van der Waals surface area contributed by atoms with Crippen LogP contribution in [0.2, 0.25) is 0 Å². The van der Waals surface area contributed by atoms with Crippen molar-refractivity contribution in [2.45, 2.75) is 31.9 Å². The Morgan fingerprint density at radius 3 is 2.35 bits per heavy atom. The molecule has 0 N–H and O–H groups in total. The zero-order valence-electron chi connectivity index (χ0n) is 9.16. The Morgan fingerprint density at radius 2 is 1.76 bits per heavy atom. The van der Waals surface area contributed by atoms with Gasteiger partial charge in [0.05, 0.1) is 5.56 Å². The first-order chi connectivity index (χ1) is 7.95. The highest BCUT2D eigenvalue weighted by Crippen LogP contribution is 2.33. The lowest BCUT2D eigenvalue weighted by molar-refractivity contribution is -0.138. The fraction of sp³-hybridized carbons (Fsp3) is 0.500. The number of hydrogen-bond acceptors (Lipinski definition) is 0. The van der Waals surface area contributed by atoms with Crippen LogP contribution >= 0.6 is 15.9 Å². The molecular formula is C12H13BrF4. The van der Waals surface area contributed by atoms with Gasteiger partial charge in [0.1, 0.15) is 5.82 Å². The van der Waals surface area contributed by atoms with Crippen LogP contribution < -0.4 is 0 Å². The van der Waals surface area contributed by atoms with Gasteiger partial charge < -0.3 is 0 Å². The normalized spacial score (nSPS) is 11.8. The molecule has 0 radical (unpaired) electrons. The van der Waals surface area contributed by atoms with E-state index in [1.54, 1.807) is 0 Å². The molecule has 5 heteroatoms. The summed E-state index contributed by atoms with van der Waals surface area (Å²) in [7, 11) is 0. The van der Waals surface area contributed by atoms with Crippen LogP contribution in [0.3, 0.4) is 0 Å². The molecule has 0 saturated carbocycles. The van der Waals surface area contributed by atoms with Gasteiger partial charge in [0.15, 0.2) is 0 Å². The highest BCUT2D eigenvalue weighted by molar-refractivity contribution is 9.09. The minimum atomic E-state index is -4.48. The summed E-state index contributed by atoms with van der Waals surface area (Å²) < 4.78 is 50.7. The summed E-state index contributed by atoms with van der Waals surface area (Å²) in [5, 5.41) is 0.850. The van der Waals surface area contributed by atoms with Crippen LogP contribution in [0.15, 0.2) is 18.2 Å². The van der Waals surface area contributed by atoms with E-state index >= 15 is 0 Å². The predicted molar refractivity (Wildman–Crippen MR) is 62.8 cm³/mol. The van der Waals surface area contributed by atoms with Gasteiger partial charge in [-0.2, -0.15) is 13.2 Å². The molecule has 96 valence electrons. The van der Waals surface area contributed by atoms with E-state index in [0.29, 0.717) is 18.9 Å². The first kappa shape index (κ1) is 14.5. The van der Waals surface area contributed by atoms with Gasteiger partial charge in [-0.1, -0.05) is 28.4 Å². The average molecular weight is 313 g/mol. The number of halogens is 5. The van der Waals surface area contributed by atoms with Crippen molar-refractivity contribution in [2.24, 2.45) is 0 Å². The molecule has 0 aliphatic rings. The van der Waals surface area contributed by atoms with Gasteiger partial charge in [-0.15, -0.1) is 0 Å². The molecule has 17 heavy (non-hydrogen) atoms. The zero-order chi connectivity index (χ0) is 12.9. The van der Waals surface area contributed by atoms with E-state index < -0.39 is 17.6 Å². The lowest BCUT2D eigenvalue weighted by Crippen LogP contribution is -2.09. The van der Waals surface area contributed by atoms with Crippen LogP contribution in [0.5, 0.6) is 0 Å². The van der Waals surface area contributed by atoms with Crippen LogP contribution in [0.25, 0.3) is 0 Å². The highest BCUT2D eigenvalue weighted by atomic mass is 79.9. The van der Waals surface area contributed by atoms with Gasteiger partial charge in [0, 0.05) is 5.33 Å². The van der Waals surface area contributed by atoms with Crippen molar-refractivity contribution in [2.75, 3.05) is 5.33 Å². The monoisotopic (exact) mass is 312 g/mol. The van der Waals surface area contributed by atoms with E-state index in [4.69, 9.17) is 0 Å². The van der Waals surface area contributed by atoms with Crippen molar-refractivity contribution in [1.29, 1.82) is 0 Å². The fourth-order valence-corrected chi connectivity index (χ4v) is 2.01. The Morgan fingerprint density at radius 1 is 1.06 bits per heavy atom. The molecule has 0 saturated heterocycles. The van der Waals surface area contributed by atoms with E-state index in [1.807, 2.05) is 0 Å². The molecule has 0 unspecified atom stereocenters. The fourth-order valence-electron chi connectivity index (χ4n) is 1.62. The smallest absolute Gasteiger partial charge is 0.207 e. The maximum absolute atomic E-state index is 12.8. The average Bonchev–Trinajstić information content (AvgIpc) is 2.25. The van der Waals surface area contributed by atoms with Gasteiger partial charge in [0.2, 0.25) is 0 Å². The Kier molecular flexibility index (Phi) is 5.43. The van der Waals surface area contributed by atoms with Crippen molar-refractivity contribution in [3.8, 4) is 0 Å². The van der Waals surface area contributed by atoms with Gasteiger partial charge in [-0.25, -0.2) is 4.39 Å². The van der Waals surface area contributed by atoms with Crippen LogP contribution in [-0.4, -0.2) is 5.33 Å². The van der Waals surface area contributed by atoms with Crippen LogP contribution in [0.4, 0.5) is 17.6 Å². The van der Waals surface area contributed by atoms with E-state index in [9.17, 15) is 17.6 Å². The molecule has 1 rings (SSSR count). The van der Waals surface area contributed by atoms with E-state index in [2.05, 4.69) is 15.9 Å². The lowest BCUT2D eigenvalue weighted by Gasteiger charge is -2.12. The minimum absolute atomic E-state index is 0.175. The predicted octanol–water partition coefficient (Wildman–Crippen LogP) is 4.95. The first-order valence-electron chi connectivity index (χ1n) is 5.36. The van der Waals surface area contributed by atoms with E-state index in [0.717, 1.165) is 24.2 Å². The summed E-state index contributed by atoms with van der Waals surface area (Å²) in [6.45, 7) is 0. The molecule has 0 heterocycles. The summed E-state index contributed by atoms with van der Waals surface area (Å²) in [5.74, 6) is -0.846. The molecule has 0 nitrogen and oxygen atoms in total. The van der Waals surface area contributed by atoms with E-state index in [-0.39, 0.29) is 5.56 Å². The summed E-state index contributed by atoms with van der Waals surface area (Å²) in [4.78, 5) is 0. The largest absolute Gasteiger partial charge is 0.416 e. The third-order valence-electron chi connectivity index (χ3n) is 2.46. The van der Waals surface area contributed by atoms with Gasteiger partial charge >= 0.3 is 6.18 Å². The highest BCUT2D eigenvalue weighted by Gasteiger charge is 2.33. The molecule has 0 atom stereocenters. The molecule has 0 amide bonds. The Balaban J connectivity index is 2.77. The third-order valence-corrected chi connectivity index (χ3v) is 3.02. The maximum Gasteiger partial charge on any atom is 0.416 e. The molecular weight excluding hydrogens is 300 g/mol. The summed E-state index contributed by atoms with van der Waals surface area (Å²) in [6.07, 6.45) is -1.67. The number of aryl methyl sites for hydroxylation is 1. The number of unbranched alkanes of at least 4 members (excludes halogenated alkanes) is 2. The molecule has 1 aromatic rings. The minimum Gasteiger partial charge on any atom is -0.207 e. The zero-order valence-corrected chi connectivity index (χ0v) is 10.7. The first-order valence-corrected chi connectivity index (χ1v) is 6.49. The van der Waals surface area contributed by atoms with Gasteiger partial charge in [-0.05, 0) is 37.0 Å². The van der Waals surface area contributed by atoms with Crippen molar-refractivity contribution in [3.05, 3.63) is 35.1 Å². The molecule has 1 aromatic carbocycles. The number of rotatable bonds is 5. The number of hydrogen-bond donors (Lipinski definition) is 0. The molecule has 0 bridgehead atoms. The van der Waals surface area contributed by atoms with E-state index in [1.165, 1.54) is 6.07 Å². The molecule has 0 aromatic heterocycles. The standard InChI is InChI=1S/C12H13BrF4/c13-7-3-1-2-4-9-5-6-10(14)8-11(9)12(15,16)17/h5-6,8H,1-4,7H2. The molecule has 0 aliphatic carbocycles. The summed E-state index contributed by atoms with van der Waals surface area (Å²) in [5.41, 5.74) is -0.676. The Labute approximate surface area is 106 Å². The second-order valence-corrected chi connectivity index (χ2v) is 4.59. The SMILES string of the molecule is Fc1ccc(CCCCCBr)c(C(F)(F)F)c1. The second kappa shape index (κ2) is 6.38. The van der Waals surface area contributed by atoms with Crippen molar-refractivity contribution in [1.82, 2.24) is 0 Å². The van der Waals surface area contributed by atoms with Gasteiger partial charge in [0.25, 0.3) is 0 Å². The third kappa shape index (κ3) is 4.66. The maximum atomic E-state index is 12.8. The topological polar surface area (TPSA) is 0 Å². The van der Waals surface area contributed by atoms with Crippen molar-refractivity contribution < 1.29 is 17.6 Å². The van der Waals surface area contributed by atoms with Crippen LogP contribution in [0.1, 0.15) is 30.4 Å².